The minimum atomic E-state index is -0.867. The molecule has 5 rings (SSSR count). The highest BCUT2D eigenvalue weighted by Gasteiger charge is 2.47. The highest BCUT2D eigenvalue weighted by atomic mass is 35.5. The van der Waals surface area contributed by atoms with Gasteiger partial charge in [0.2, 0.25) is 6.79 Å². The molecule has 0 aliphatic carbocycles. The number of hydrogen-bond donors (Lipinski definition) is 1. The molecule has 0 bridgehead atoms. The molecule has 0 spiro atoms. The van der Waals surface area contributed by atoms with E-state index in [1.807, 2.05) is 0 Å². The SMILES string of the molecule is O=C1C(=O)N(c2cccc(Cl)c2)C(c2ccc3c(c2)OCO3)/C1=C(\O)c1ccccc1. The lowest BCUT2D eigenvalue weighted by Gasteiger charge is -2.25. The van der Waals surface area contributed by atoms with E-state index >= 15 is 0 Å². The van der Waals surface area contributed by atoms with E-state index in [0.29, 0.717) is 33.3 Å². The molecular formula is C24H16ClNO5. The van der Waals surface area contributed by atoms with Gasteiger partial charge >= 0.3 is 0 Å². The molecule has 1 atom stereocenters. The summed E-state index contributed by atoms with van der Waals surface area (Å²) in [6.45, 7) is 0.0945. The van der Waals surface area contributed by atoms with Crippen molar-refractivity contribution in [3.63, 3.8) is 0 Å². The van der Waals surface area contributed by atoms with Crippen molar-refractivity contribution in [3.8, 4) is 11.5 Å². The van der Waals surface area contributed by atoms with Crippen LogP contribution in [-0.2, 0) is 9.59 Å². The number of nitrogens with zero attached hydrogens (tertiary/aromatic N) is 1. The Bertz CT molecular complexity index is 1240. The van der Waals surface area contributed by atoms with Gasteiger partial charge in [0.15, 0.2) is 11.5 Å². The number of aliphatic hydroxyl groups excluding tert-OH is 1. The molecule has 2 aliphatic rings. The van der Waals surface area contributed by atoms with Gasteiger partial charge in [0.25, 0.3) is 11.7 Å². The van der Waals surface area contributed by atoms with Gasteiger partial charge < -0.3 is 14.6 Å². The number of rotatable bonds is 3. The topological polar surface area (TPSA) is 76.1 Å². The highest BCUT2D eigenvalue weighted by molar-refractivity contribution is 6.51. The maximum Gasteiger partial charge on any atom is 0.300 e. The molecule has 1 amide bonds. The molecule has 0 aromatic heterocycles. The van der Waals surface area contributed by atoms with E-state index in [0.717, 1.165) is 0 Å². The van der Waals surface area contributed by atoms with Crippen LogP contribution in [0.3, 0.4) is 0 Å². The number of hydrogen-bond acceptors (Lipinski definition) is 5. The molecule has 0 saturated carbocycles. The molecule has 1 unspecified atom stereocenters. The Morgan fingerprint density at radius 3 is 2.48 bits per heavy atom. The number of ether oxygens (including phenoxy) is 2. The third kappa shape index (κ3) is 3.21. The number of Topliss-reactive ketones (excluding diaryl/α,β-unsaturated/α-hetero) is 1. The average Bonchev–Trinajstić information content (AvgIpc) is 3.36. The number of amides is 1. The van der Waals surface area contributed by atoms with Crippen molar-refractivity contribution in [2.24, 2.45) is 0 Å². The minimum absolute atomic E-state index is 0.00459. The van der Waals surface area contributed by atoms with Crippen molar-refractivity contribution in [1.82, 2.24) is 0 Å². The van der Waals surface area contributed by atoms with Crippen molar-refractivity contribution < 1.29 is 24.2 Å². The first-order valence-corrected chi connectivity index (χ1v) is 9.94. The number of aliphatic hydroxyl groups is 1. The fourth-order valence-electron chi connectivity index (χ4n) is 3.87. The lowest BCUT2D eigenvalue weighted by atomic mass is 9.95. The molecule has 31 heavy (non-hydrogen) atoms. The molecule has 2 heterocycles. The van der Waals surface area contributed by atoms with E-state index in [9.17, 15) is 14.7 Å². The average molecular weight is 434 g/mol. The van der Waals surface area contributed by atoms with E-state index in [4.69, 9.17) is 21.1 Å². The second-order valence-corrected chi connectivity index (χ2v) is 7.56. The maximum absolute atomic E-state index is 13.1. The van der Waals surface area contributed by atoms with Crippen molar-refractivity contribution in [2.75, 3.05) is 11.7 Å². The van der Waals surface area contributed by atoms with E-state index < -0.39 is 17.7 Å². The molecule has 7 heteroatoms. The first kappa shape index (κ1) is 19.2. The molecule has 3 aromatic carbocycles. The van der Waals surface area contributed by atoms with Crippen LogP contribution in [-0.4, -0.2) is 23.6 Å². The lowest BCUT2D eigenvalue weighted by Crippen LogP contribution is -2.29. The Hall–Kier alpha value is -3.77. The predicted octanol–water partition coefficient (Wildman–Crippen LogP) is 4.70. The zero-order valence-electron chi connectivity index (χ0n) is 16.1. The second-order valence-electron chi connectivity index (χ2n) is 7.13. The van der Waals surface area contributed by atoms with E-state index in [-0.39, 0.29) is 18.1 Å². The van der Waals surface area contributed by atoms with Crippen LogP contribution in [0.5, 0.6) is 11.5 Å². The van der Waals surface area contributed by atoms with Gasteiger partial charge in [0.05, 0.1) is 11.6 Å². The van der Waals surface area contributed by atoms with Crippen LogP contribution in [0.25, 0.3) is 5.76 Å². The molecule has 1 N–H and O–H groups in total. The number of fused-ring (bicyclic) bond motifs is 1. The summed E-state index contributed by atoms with van der Waals surface area (Å²) < 4.78 is 10.9. The van der Waals surface area contributed by atoms with Crippen molar-refractivity contribution >= 4 is 34.7 Å². The molecule has 154 valence electrons. The summed E-state index contributed by atoms with van der Waals surface area (Å²) in [4.78, 5) is 27.6. The van der Waals surface area contributed by atoms with E-state index in [2.05, 4.69) is 0 Å². The molecule has 0 radical (unpaired) electrons. The van der Waals surface area contributed by atoms with Crippen LogP contribution >= 0.6 is 11.6 Å². The van der Waals surface area contributed by atoms with Gasteiger partial charge in [-0.25, -0.2) is 0 Å². The van der Waals surface area contributed by atoms with E-state index in [1.54, 1.807) is 72.8 Å². The molecule has 2 aliphatic heterocycles. The molecule has 1 saturated heterocycles. The standard InChI is InChI=1S/C24H16ClNO5/c25-16-7-4-8-17(12-16)26-21(15-9-10-18-19(11-15)31-13-30-18)20(23(28)24(26)29)22(27)14-5-2-1-3-6-14/h1-12,21,27H,13H2/b22-20+. The zero-order chi connectivity index (χ0) is 21.5. The Morgan fingerprint density at radius 1 is 0.935 bits per heavy atom. The smallest absolute Gasteiger partial charge is 0.300 e. The molecule has 3 aromatic rings. The normalized spacial score (nSPS) is 19.1. The third-order valence-electron chi connectivity index (χ3n) is 5.29. The largest absolute Gasteiger partial charge is 0.507 e. The number of carbonyl (C=O) groups excluding carboxylic acids is 2. The summed E-state index contributed by atoms with van der Waals surface area (Å²) in [5, 5.41) is 11.5. The van der Waals surface area contributed by atoms with Gasteiger partial charge in [0, 0.05) is 16.3 Å². The van der Waals surface area contributed by atoms with Crippen LogP contribution in [0.4, 0.5) is 5.69 Å². The van der Waals surface area contributed by atoms with E-state index in [1.165, 1.54) is 4.90 Å². The van der Waals surface area contributed by atoms with Gasteiger partial charge in [0.1, 0.15) is 5.76 Å². The Balaban J connectivity index is 1.73. The monoisotopic (exact) mass is 433 g/mol. The summed E-state index contributed by atoms with van der Waals surface area (Å²) in [6.07, 6.45) is 0. The summed E-state index contributed by atoms with van der Waals surface area (Å²) in [7, 11) is 0. The van der Waals surface area contributed by atoms with Crippen LogP contribution in [0.1, 0.15) is 17.2 Å². The van der Waals surface area contributed by atoms with Crippen molar-refractivity contribution in [1.29, 1.82) is 0 Å². The van der Waals surface area contributed by atoms with Crippen LogP contribution < -0.4 is 14.4 Å². The number of halogens is 1. The van der Waals surface area contributed by atoms with Crippen LogP contribution in [0.15, 0.2) is 78.4 Å². The quantitative estimate of drug-likeness (QED) is 0.368. The summed E-state index contributed by atoms with van der Waals surface area (Å²) in [6, 6.07) is 19.7. The molecular weight excluding hydrogens is 418 g/mol. The second kappa shape index (κ2) is 7.49. The van der Waals surface area contributed by atoms with Crippen LogP contribution in [0, 0.1) is 0 Å². The van der Waals surface area contributed by atoms with Gasteiger partial charge in [-0.05, 0) is 35.9 Å². The first-order valence-electron chi connectivity index (χ1n) is 9.56. The Morgan fingerprint density at radius 2 is 1.71 bits per heavy atom. The summed E-state index contributed by atoms with van der Waals surface area (Å²) >= 11 is 6.15. The Kier molecular flexibility index (Phi) is 4.64. The fraction of sp³-hybridized carbons (Fsp3) is 0.0833. The third-order valence-corrected chi connectivity index (χ3v) is 5.53. The number of benzene rings is 3. The number of anilines is 1. The molecule has 1 fully saturated rings. The van der Waals surface area contributed by atoms with Gasteiger partial charge in [-0.1, -0.05) is 54.1 Å². The summed E-state index contributed by atoms with van der Waals surface area (Å²) in [5.41, 5.74) is 1.48. The van der Waals surface area contributed by atoms with Gasteiger partial charge in [-0.2, -0.15) is 0 Å². The van der Waals surface area contributed by atoms with Gasteiger partial charge in [-0.3, -0.25) is 14.5 Å². The maximum atomic E-state index is 13.1. The predicted molar refractivity (Wildman–Crippen MR) is 115 cm³/mol. The molecule has 6 nitrogen and oxygen atoms in total. The lowest BCUT2D eigenvalue weighted by molar-refractivity contribution is -0.132. The number of carbonyl (C=O) groups is 2. The minimum Gasteiger partial charge on any atom is -0.507 e. The highest BCUT2D eigenvalue weighted by Crippen LogP contribution is 2.45. The summed E-state index contributed by atoms with van der Waals surface area (Å²) in [5.74, 6) is -0.682. The fourth-order valence-corrected chi connectivity index (χ4v) is 4.06. The Labute approximate surface area is 182 Å². The number of ketones is 1. The van der Waals surface area contributed by atoms with Crippen molar-refractivity contribution in [2.45, 2.75) is 6.04 Å². The first-order chi connectivity index (χ1) is 15.0. The zero-order valence-corrected chi connectivity index (χ0v) is 16.9. The van der Waals surface area contributed by atoms with Crippen molar-refractivity contribution in [3.05, 3.63) is 94.5 Å². The van der Waals surface area contributed by atoms with Gasteiger partial charge in [-0.15, -0.1) is 0 Å². The van der Waals surface area contributed by atoms with Crippen LogP contribution in [0.2, 0.25) is 5.02 Å².